The maximum Gasteiger partial charge on any atom is 0.153 e. The van der Waals surface area contributed by atoms with Crippen LogP contribution in [0, 0.1) is 25.6 Å². The van der Waals surface area contributed by atoms with Gasteiger partial charge in [0.25, 0.3) is 0 Å². The van der Waals surface area contributed by atoms with Crippen LogP contribution in [0.2, 0.25) is 0 Å². The minimum atomic E-state index is 0. The van der Waals surface area contributed by atoms with Crippen molar-refractivity contribution in [3.63, 3.8) is 0 Å². The van der Waals surface area contributed by atoms with Crippen molar-refractivity contribution in [2.75, 3.05) is 0 Å². The third kappa shape index (κ3) is 6.79. The smallest absolute Gasteiger partial charge is 0.153 e. The van der Waals surface area contributed by atoms with Crippen molar-refractivity contribution in [2.45, 2.75) is 6.92 Å². The van der Waals surface area contributed by atoms with E-state index in [0.717, 1.165) is 61.8 Å². The summed E-state index contributed by atoms with van der Waals surface area (Å²) in [6, 6.07) is 56.6. The predicted molar refractivity (Wildman–Crippen MR) is 202 cm³/mol. The Morgan fingerprint density at radius 2 is 1.25 bits per heavy atom. The Balaban J connectivity index is 0.000000207. The molecule has 9 rings (SSSR count). The molecule has 0 unspecified atom stereocenters. The molecule has 1 radical (unpaired) electrons. The van der Waals surface area contributed by atoms with E-state index >= 15 is 0 Å². The Bertz CT molecular complexity index is 2600. The van der Waals surface area contributed by atoms with Gasteiger partial charge in [0.1, 0.15) is 11.3 Å². The third-order valence-corrected chi connectivity index (χ3v) is 8.52. The number of hydrogen-bond donors (Lipinski definition) is 0. The Hall–Kier alpha value is -6.52. The molecule has 5 aromatic carbocycles. The zero-order valence-corrected chi connectivity index (χ0v) is 30.4. The van der Waals surface area contributed by atoms with Crippen molar-refractivity contribution < 1.29 is 20.1 Å². The average molecular weight is 848 g/mol. The summed E-state index contributed by atoms with van der Waals surface area (Å²) in [4.78, 5) is 12.9. The van der Waals surface area contributed by atoms with Crippen molar-refractivity contribution >= 4 is 17.0 Å². The summed E-state index contributed by atoms with van der Waals surface area (Å²) in [6.45, 7) is 9.35. The monoisotopic (exact) mass is 848 g/mol. The Morgan fingerprint density at radius 3 is 1.92 bits per heavy atom. The van der Waals surface area contributed by atoms with E-state index in [-0.39, 0.29) is 20.1 Å². The quantitative estimate of drug-likeness (QED) is 0.162. The molecule has 0 amide bonds. The molecule has 7 nitrogen and oxygen atoms in total. The van der Waals surface area contributed by atoms with Crippen LogP contribution in [0.3, 0.4) is 0 Å². The van der Waals surface area contributed by atoms with E-state index in [9.17, 15) is 0 Å². The minimum absolute atomic E-state index is 0. The zero-order chi connectivity index (χ0) is 34.6. The average Bonchev–Trinajstić information content (AvgIpc) is 3.85. The summed E-state index contributed by atoms with van der Waals surface area (Å²) in [5, 5.41) is 9.18. The van der Waals surface area contributed by atoms with Crippen molar-refractivity contribution in [3.8, 4) is 56.2 Å². The number of pyridine rings is 2. The van der Waals surface area contributed by atoms with Crippen LogP contribution >= 0.6 is 0 Å². The summed E-state index contributed by atoms with van der Waals surface area (Å²) < 4.78 is 3.65. The number of rotatable bonds is 5. The van der Waals surface area contributed by atoms with E-state index in [2.05, 4.69) is 99.9 Å². The standard InChI is InChI=1S/C31H19N4.C13H10N3.Ir/c1-32-25-16-8-15-24(21-25)30-33-31-28(19-10-20-35(31)34-30)29-26(22-11-4-2-5-12-22)17-9-18-27(29)23-13-6-3-7-14-23;1-10-6-5-9-12-14-13(15-16(10)12)11-7-3-2-4-8-11;/h2-14,16-21H;2-7,9H,1H3;/q2*-1;. The minimum Gasteiger partial charge on any atom is -0.259 e. The molecule has 0 atom stereocenters. The van der Waals surface area contributed by atoms with Crippen LogP contribution in [0.5, 0.6) is 0 Å². The first kappa shape index (κ1) is 34.0. The second-order valence-electron chi connectivity index (χ2n) is 11.8. The molecular weight excluding hydrogens is 819 g/mol. The van der Waals surface area contributed by atoms with E-state index in [1.165, 1.54) is 0 Å². The van der Waals surface area contributed by atoms with Gasteiger partial charge in [-0.1, -0.05) is 84.9 Å². The summed E-state index contributed by atoms with van der Waals surface area (Å²) in [6.07, 6.45) is 1.90. The molecule has 0 saturated carbocycles. The molecule has 0 aliphatic carbocycles. The molecule has 4 aromatic heterocycles. The molecule has 52 heavy (non-hydrogen) atoms. The van der Waals surface area contributed by atoms with Gasteiger partial charge in [-0.15, -0.1) is 59.7 Å². The van der Waals surface area contributed by atoms with Gasteiger partial charge in [-0.2, -0.15) is 16.3 Å². The molecule has 0 bridgehead atoms. The van der Waals surface area contributed by atoms with Crippen LogP contribution in [-0.2, 0) is 20.1 Å². The van der Waals surface area contributed by atoms with E-state index in [4.69, 9.17) is 16.7 Å². The van der Waals surface area contributed by atoms with Crippen molar-refractivity contribution in [1.82, 2.24) is 29.2 Å². The van der Waals surface area contributed by atoms with Crippen molar-refractivity contribution in [1.29, 1.82) is 0 Å². The Kier molecular flexibility index (Phi) is 9.90. The zero-order valence-electron chi connectivity index (χ0n) is 28.0. The molecule has 0 aliphatic heterocycles. The van der Waals surface area contributed by atoms with Gasteiger partial charge in [0.2, 0.25) is 0 Å². The van der Waals surface area contributed by atoms with Crippen molar-refractivity contribution in [3.05, 3.63) is 187 Å². The number of hydrogen-bond acceptors (Lipinski definition) is 4. The normalized spacial score (nSPS) is 10.6. The maximum absolute atomic E-state index is 7.33. The van der Waals surface area contributed by atoms with E-state index < -0.39 is 0 Å². The van der Waals surface area contributed by atoms with E-state index in [0.29, 0.717) is 17.1 Å². The number of benzene rings is 5. The third-order valence-electron chi connectivity index (χ3n) is 8.52. The van der Waals surface area contributed by atoms with E-state index in [1.807, 2.05) is 78.3 Å². The molecular formula is C44H29IrN7-2. The number of fused-ring (bicyclic) bond motifs is 2. The van der Waals surface area contributed by atoms with Crippen LogP contribution in [0.1, 0.15) is 5.69 Å². The molecule has 0 spiro atoms. The van der Waals surface area contributed by atoms with Gasteiger partial charge in [0.05, 0.1) is 18.2 Å². The Labute approximate surface area is 315 Å². The van der Waals surface area contributed by atoms with E-state index in [1.54, 1.807) is 22.7 Å². The van der Waals surface area contributed by atoms with Crippen LogP contribution in [0.4, 0.5) is 5.69 Å². The van der Waals surface area contributed by atoms with Crippen LogP contribution in [0.25, 0.3) is 72.3 Å². The first-order chi connectivity index (χ1) is 25.2. The molecule has 251 valence electrons. The fourth-order valence-corrected chi connectivity index (χ4v) is 6.11. The molecule has 9 aromatic rings. The number of nitrogens with zero attached hydrogens (tertiary/aromatic N) is 7. The second-order valence-corrected chi connectivity index (χ2v) is 11.8. The van der Waals surface area contributed by atoms with Gasteiger partial charge in [-0.05, 0) is 53.4 Å². The van der Waals surface area contributed by atoms with Gasteiger partial charge < -0.3 is 0 Å². The van der Waals surface area contributed by atoms with Crippen LogP contribution in [0.15, 0.2) is 158 Å². The molecule has 8 heteroatoms. The molecule has 0 fully saturated rings. The Morgan fingerprint density at radius 1 is 0.596 bits per heavy atom. The predicted octanol–water partition coefficient (Wildman–Crippen LogP) is 10.3. The van der Waals surface area contributed by atoms with Gasteiger partial charge in [0.15, 0.2) is 5.65 Å². The number of aryl methyl sites for hydroxylation is 1. The first-order valence-corrected chi connectivity index (χ1v) is 16.4. The van der Waals surface area contributed by atoms with Gasteiger partial charge in [0, 0.05) is 43.1 Å². The molecule has 0 saturated heterocycles. The van der Waals surface area contributed by atoms with Gasteiger partial charge >= 0.3 is 0 Å². The summed E-state index contributed by atoms with van der Waals surface area (Å²) in [7, 11) is 0. The molecule has 4 heterocycles. The second kappa shape index (κ2) is 15.2. The molecule has 0 aliphatic rings. The molecule has 0 N–H and O–H groups in total. The summed E-state index contributed by atoms with van der Waals surface area (Å²) >= 11 is 0. The van der Waals surface area contributed by atoms with Crippen molar-refractivity contribution in [2.24, 2.45) is 0 Å². The largest absolute Gasteiger partial charge is 0.259 e. The summed E-state index contributed by atoms with van der Waals surface area (Å²) in [5.41, 5.74) is 11.5. The fourth-order valence-electron chi connectivity index (χ4n) is 6.11. The first-order valence-electron chi connectivity index (χ1n) is 16.4. The SMILES string of the molecule is Cc1cccc2nc(-c3[c-]cccc3)nn12.[C-]#[N+]c1cc[c-]c(-c2nc3c(-c4c(-c5ccccc5)cccc4-c4ccccc4)cccn3n2)c1.[Ir]. The fraction of sp³-hybridized carbons (Fsp3) is 0.0227. The van der Waals surface area contributed by atoms with Crippen LogP contribution in [-0.4, -0.2) is 29.2 Å². The summed E-state index contributed by atoms with van der Waals surface area (Å²) in [5.74, 6) is 1.26. The van der Waals surface area contributed by atoms with Crippen LogP contribution < -0.4 is 0 Å². The maximum atomic E-state index is 7.33. The van der Waals surface area contributed by atoms with Gasteiger partial charge in [-0.25, -0.2) is 9.03 Å². The number of aromatic nitrogens is 6. The topological polar surface area (TPSA) is 64.7 Å². The van der Waals surface area contributed by atoms with Gasteiger partial charge in [-0.3, -0.25) is 14.8 Å².